The summed E-state index contributed by atoms with van der Waals surface area (Å²) in [6, 6.07) is 0. The molecule has 7 nitrogen and oxygen atoms in total. The molecule has 4 N–H and O–H groups in total. The van der Waals surface area contributed by atoms with Gasteiger partial charge in [0.15, 0.2) is 0 Å². The molecule has 0 radical (unpaired) electrons. The van der Waals surface area contributed by atoms with E-state index < -0.39 is 22.0 Å². The first-order valence-corrected chi connectivity index (χ1v) is 5.72. The van der Waals surface area contributed by atoms with E-state index in [1.807, 2.05) is 0 Å². The second-order valence-electron chi connectivity index (χ2n) is 1.72. The van der Waals surface area contributed by atoms with Gasteiger partial charge in [0.1, 0.15) is 0 Å². The smallest absolute Gasteiger partial charge is 0.312 e. The van der Waals surface area contributed by atoms with Gasteiger partial charge in [-0.1, -0.05) is 6.92 Å². The first kappa shape index (κ1) is 11.3. The SMILES string of the molecule is CCN(P(=O)(O)O)P(=O)(O)O. The van der Waals surface area contributed by atoms with Crippen molar-refractivity contribution < 1.29 is 28.7 Å². The molecule has 0 amide bonds. The minimum atomic E-state index is -4.83. The average Bonchev–Trinajstić information content (AvgIpc) is 1.56. The highest BCUT2D eigenvalue weighted by Gasteiger charge is 2.37. The van der Waals surface area contributed by atoms with Gasteiger partial charge in [-0.05, 0) is 0 Å². The lowest BCUT2D eigenvalue weighted by atomic mass is 10.8. The molecule has 0 aliphatic rings. The zero-order valence-corrected chi connectivity index (χ0v) is 7.44. The quantitative estimate of drug-likeness (QED) is 0.458. The van der Waals surface area contributed by atoms with E-state index in [1.165, 1.54) is 6.92 Å². The van der Waals surface area contributed by atoms with Crippen molar-refractivity contribution in [1.82, 2.24) is 4.44 Å². The van der Waals surface area contributed by atoms with E-state index in [2.05, 4.69) is 0 Å². The van der Waals surface area contributed by atoms with E-state index in [4.69, 9.17) is 19.6 Å². The number of nitrogens with zero attached hydrogens (tertiary/aromatic N) is 1. The van der Waals surface area contributed by atoms with E-state index in [1.54, 1.807) is 0 Å². The van der Waals surface area contributed by atoms with Crippen molar-refractivity contribution in [2.24, 2.45) is 0 Å². The lowest BCUT2D eigenvalue weighted by molar-refractivity contribution is 0.273. The van der Waals surface area contributed by atoms with E-state index in [9.17, 15) is 9.13 Å². The first-order chi connectivity index (χ1) is 4.69. The summed E-state index contributed by atoms with van der Waals surface area (Å²) in [5, 5.41) is 0. The van der Waals surface area contributed by atoms with Gasteiger partial charge >= 0.3 is 15.5 Å². The highest BCUT2D eigenvalue weighted by atomic mass is 31.3. The molecule has 0 aliphatic heterocycles. The summed E-state index contributed by atoms with van der Waals surface area (Å²) in [5.74, 6) is 0. The molecule has 0 fully saturated rings. The van der Waals surface area contributed by atoms with Crippen molar-refractivity contribution in [3.8, 4) is 0 Å². The molecule has 0 aliphatic carbocycles. The fourth-order valence-corrected chi connectivity index (χ4v) is 2.47. The summed E-state index contributed by atoms with van der Waals surface area (Å²) in [4.78, 5) is 33.4. The van der Waals surface area contributed by atoms with Crippen LogP contribution in [0.3, 0.4) is 0 Å². The molecule has 0 unspecified atom stereocenters. The average molecular weight is 205 g/mol. The Hall–Kier alpha value is 0.260. The maximum absolute atomic E-state index is 10.3. The third-order valence-electron chi connectivity index (χ3n) is 0.884. The molecule has 0 bridgehead atoms. The van der Waals surface area contributed by atoms with Crippen LogP contribution >= 0.6 is 15.5 Å². The van der Waals surface area contributed by atoms with Crippen LogP contribution in [0.4, 0.5) is 0 Å². The Labute approximate surface area is 63.1 Å². The zero-order valence-electron chi connectivity index (χ0n) is 5.65. The second kappa shape index (κ2) is 3.33. The largest absolute Gasteiger partial charge is 0.412 e. The highest BCUT2D eigenvalue weighted by molar-refractivity contribution is 7.65. The third-order valence-corrected chi connectivity index (χ3v) is 4.05. The highest BCUT2D eigenvalue weighted by Crippen LogP contribution is 2.57. The van der Waals surface area contributed by atoms with Gasteiger partial charge in [-0.25, -0.2) is 9.13 Å². The van der Waals surface area contributed by atoms with Crippen molar-refractivity contribution in [3.63, 3.8) is 0 Å². The minimum Gasteiger partial charge on any atom is -0.312 e. The normalized spacial score (nSPS) is 14.0. The number of hydrogen-bond acceptors (Lipinski definition) is 2. The Kier molecular flexibility index (Phi) is 3.41. The molecule has 68 valence electrons. The van der Waals surface area contributed by atoms with Crippen molar-refractivity contribution in [2.45, 2.75) is 6.92 Å². The molecular formula is C2H9NO6P2. The molecular weight excluding hydrogens is 196 g/mol. The predicted molar refractivity (Wildman–Crippen MR) is 36.5 cm³/mol. The van der Waals surface area contributed by atoms with Crippen LogP contribution in [0.1, 0.15) is 6.92 Å². The van der Waals surface area contributed by atoms with Crippen LogP contribution in [0.2, 0.25) is 0 Å². The standard InChI is InChI=1S/C2H9NO6P2/c1-2-3(10(4,5)6)11(7,8)9/h2H2,1H3,(H2,4,5,6)(H2,7,8,9). The van der Waals surface area contributed by atoms with E-state index in [-0.39, 0.29) is 4.44 Å². The van der Waals surface area contributed by atoms with Crippen LogP contribution in [-0.2, 0) is 9.13 Å². The summed E-state index contributed by atoms with van der Waals surface area (Å²) in [7, 11) is -9.65. The van der Waals surface area contributed by atoms with Crippen LogP contribution in [0.25, 0.3) is 0 Å². The van der Waals surface area contributed by atoms with Crippen LogP contribution in [0, 0.1) is 0 Å². The van der Waals surface area contributed by atoms with E-state index in [0.717, 1.165) is 0 Å². The van der Waals surface area contributed by atoms with Crippen LogP contribution in [0.5, 0.6) is 0 Å². The number of rotatable bonds is 3. The van der Waals surface area contributed by atoms with Gasteiger partial charge < -0.3 is 19.6 Å². The number of hydrogen-bond donors (Lipinski definition) is 4. The van der Waals surface area contributed by atoms with Crippen molar-refractivity contribution in [3.05, 3.63) is 0 Å². The van der Waals surface area contributed by atoms with Crippen molar-refractivity contribution in [2.75, 3.05) is 6.54 Å². The molecule has 0 aromatic carbocycles. The molecule has 0 heterocycles. The van der Waals surface area contributed by atoms with E-state index in [0.29, 0.717) is 0 Å². The molecule has 11 heavy (non-hydrogen) atoms. The molecule has 9 heteroatoms. The fourth-order valence-electron chi connectivity index (χ4n) is 0.520. The maximum Gasteiger partial charge on any atom is 0.412 e. The summed E-state index contributed by atoms with van der Waals surface area (Å²) in [6.07, 6.45) is 0. The predicted octanol–water partition coefficient (Wildman–Crippen LogP) is -0.506. The molecule has 0 aromatic heterocycles. The van der Waals surface area contributed by atoms with E-state index >= 15 is 0 Å². The summed E-state index contributed by atoms with van der Waals surface area (Å²) in [6.45, 7) is 0.826. The van der Waals surface area contributed by atoms with Gasteiger partial charge in [0.25, 0.3) is 0 Å². The first-order valence-electron chi connectivity index (χ1n) is 2.59. The Morgan fingerprint density at radius 2 is 1.36 bits per heavy atom. The van der Waals surface area contributed by atoms with Crippen LogP contribution in [0.15, 0.2) is 0 Å². The van der Waals surface area contributed by atoms with Crippen molar-refractivity contribution in [1.29, 1.82) is 0 Å². The molecule has 0 spiro atoms. The summed E-state index contributed by atoms with van der Waals surface area (Å²) < 4.78 is 20.5. The van der Waals surface area contributed by atoms with Gasteiger partial charge in [0.05, 0.1) is 0 Å². The summed E-state index contributed by atoms with van der Waals surface area (Å²) >= 11 is 0. The second-order valence-corrected chi connectivity index (χ2v) is 5.05. The van der Waals surface area contributed by atoms with Gasteiger partial charge in [0, 0.05) is 6.54 Å². The lowest BCUT2D eigenvalue weighted by Crippen LogP contribution is -2.15. The molecule has 0 aromatic rings. The monoisotopic (exact) mass is 205 g/mol. The topological polar surface area (TPSA) is 118 Å². The maximum atomic E-state index is 10.3. The van der Waals surface area contributed by atoms with Gasteiger partial charge in [0.2, 0.25) is 0 Å². The third kappa shape index (κ3) is 3.44. The summed E-state index contributed by atoms with van der Waals surface area (Å²) in [5.41, 5.74) is 0. The zero-order chi connectivity index (χ0) is 9.28. The van der Waals surface area contributed by atoms with Crippen LogP contribution < -0.4 is 0 Å². The van der Waals surface area contributed by atoms with Gasteiger partial charge in [-0.3, -0.25) is 0 Å². The minimum absolute atomic E-state index is 0.167. The van der Waals surface area contributed by atoms with Crippen LogP contribution in [-0.4, -0.2) is 30.6 Å². The Morgan fingerprint density at radius 3 is 1.36 bits per heavy atom. The van der Waals surface area contributed by atoms with Crippen molar-refractivity contribution >= 4 is 15.5 Å². The lowest BCUT2D eigenvalue weighted by Gasteiger charge is -2.21. The Balaban J connectivity index is 4.72. The van der Waals surface area contributed by atoms with Gasteiger partial charge in [-0.2, -0.15) is 0 Å². The fraction of sp³-hybridized carbons (Fsp3) is 1.00. The Bertz CT molecular complexity index is 193. The molecule has 0 saturated carbocycles. The van der Waals surface area contributed by atoms with Gasteiger partial charge in [-0.15, -0.1) is 4.44 Å². The molecule has 0 atom stereocenters. The Morgan fingerprint density at radius 1 is 1.09 bits per heavy atom. The molecule has 0 rings (SSSR count). The molecule has 0 saturated heterocycles.